The first-order valence-corrected chi connectivity index (χ1v) is 8.11. The van der Waals surface area contributed by atoms with Crippen molar-refractivity contribution >= 4 is 10.8 Å². The fourth-order valence-electron chi connectivity index (χ4n) is 3.16. The third-order valence-electron chi connectivity index (χ3n) is 4.28. The average Bonchev–Trinajstić information content (AvgIpc) is 2.53. The summed E-state index contributed by atoms with van der Waals surface area (Å²) in [6.07, 6.45) is 2.22. The summed E-state index contributed by atoms with van der Waals surface area (Å²) in [6, 6.07) is 20.1. The van der Waals surface area contributed by atoms with Crippen LogP contribution in [0.15, 0.2) is 60.8 Å². The van der Waals surface area contributed by atoms with Crippen molar-refractivity contribution in [2.24, 2.45) is 0 Å². The standard InChI is InChI=1S/C21H24N/c1-15(2)18-10-7-8-12-20(18)21-19-11-6-5-9-17(19)13-14-22(21)16(3)4/h5-16H,1-4H3/q+1. The molecule has 0 unspecified atom stereocenters. The molecular weight excluding hydrogens is 266 g/mol. The van der Waals surface area contributed by atoms with Gasteiger partial charge in [-0.25, -0.2) is 0 Å². The van der Waals surface area contributed by atoms with E-state index in [0.29, 0.717) is 12.0 Å². The molecule has 3 aromatic rings. The first-order valence-electron chi connectivity index (χ1n) is 8.11. The van der Waals surface area contributed by atoms with Gasteiger partial charge in [-0.2, -0.15) is 4.57 Å². The van der Waals surface area contributed by atoms with Gasteiger partial charge in [-0.15, -0.1) is 0 Å². The summed E-state index contributed by atoms with van der Waals surface area (Å²) in [5, 5.41) is 2.62. The van der Waals surface area contributed by atoms with Gasteiger partial charge < -0.3 is 0 Å². The van der Waals surface area contributed by atoms with E-state index in [1.807, 2.05) is 0 Å². The van der Waals surface area contributed by atoms with Crippen molar-refractivity contribution in [1.82, 2.24) is 0 Å². The van der Waals surface area contributed by atoms with Gasteiger partial charge >= 0.3 is 0 Å². The van der Waals surface area contributed by atoms with Crippen molar-refractivity contribution in [3.8, 4) is 11.3 Å². The number of hydrogen-bond acceptors (Lipinski definition) is 0. The SMILES string of the molecule is CC(C)c1ccccc1-c1c2ccccc2cc[n+]1C(C)C. The number of hydrogen-bond donors (Lipinski definition) is 0. The molecule has 0 aliphatic carbocycles. The van der Waals surface area contributed by atoms with E-state index in [-0.39, 0.29) is 0 Å². The molecule has 0 amide bonds. The van der Waals surface area contributed by atoms with Crippen molar-refractivity contribution in [3.05, 3.63) is 66.4 Å². The zero-order chi connectivity index (χ0) is 15.7. The van der Waals surface area contributed by atoms with Crippen molar-refractivity contribution in [2.45, 2.75) is 39.7 Å². The van der Waals surface area contributed by atoms with Crippen molar-refractivity contribution in [2.75, 3.05) is 0 Å². The Balaban J connectivity index is 2.41. The third-order valence-corrected chi connectivity index (χ3v) is 4.28. The Morgan fingerprint density at radius 2 is 1.45 bits per heavy atom. The second kappa shape index (κ2) is 5.92. The van der Waals surface area contributed by atoms with Crippen molar-refractivity contribution in [3.63, 3.8) is 0 Å². The lowest BCUT2D eigenvalue weighted by atomic mass is 9.92. The van der Waals surface area contributed by atoms with Gasteiger partial charge in [0.05, 0.1) is 10.9 Å². The molecule has 0 spiro atoms. The van der Waals surface area contributed by atoms with Gasteiger partial charge in [0.1, 0.15) is 0 Å². The van der Waals surface area contributed by atoms with E-state index in [0.717, 1.165) is 0 Å². The molecule has 22 heavy (non-hydrogen) atoms. The molecule has 1 heteroatoms. The van der Waals surface area contributed by atoms with Gasteiger partial charge in [-0.1, -0.05) is 50.2 Å². The summed E-state index contributed by atoms with van der Waals surface area (Å²) >= 11 is 0. The Labute approximate surface area is 133 Å². The molecule has 1 heterocycles. The van der Waals surface area contributed by atoms with Gasteiger partial charge in [0.2, 0.25) is 5.69 Å². The van der Waals surface area contributed by atoms with Gasteiger partial charge in [-0.3, -0.25) is 0 Å². The Bertz CT molecular complexity index is 800. The highest BCUT2D eigenvalue weighted by molar-refractivity contribution is 5.93. The zero-order valence-corrected chi connectivity index (χ0v) is 13.9. The van der Waals surface area contributed by atoms with E-state index in [1.165, 1.54) is 27.6 Å². The van der Waals surface area contributed by atoms with E-state index in [9.17, 15) is 0 Å². The summed E-state index contributed by atoms with van der Waals surface area (Å²) in [5.74, 6) is 0.510. The van der Waals surface area contributed by atoms with Crippen LogP contribution in [0, 0.1) is 0 Å². The van der Waals surface area contributed by atoms with Crippen LogP contribution in [0.3, 0.4) is 0 Å². The fraction of sp³-hybridized carbons (Fsp3) is 0.286. The molecule has 1 aromatic heterocycles. The van der Waals surface area contributed by atoms with Crippen LogP contribution in [0.5, 0.6) is 0 Å². The maximum Gasteiger partial charge on any atom is 0.220 e. The number of pyridine rings is 1. The monoisotopic (exact) mass is 290 g/mol. The summed E-state index contributed by atoms with van der Waals surface area (Å²) in [7, 11) is 0. The normalized spacial score (nSPS) is 11.5. The van der Waals surface area contributed by atoms with Crippen LogP contribution in [-0.2, 0) is 0 Å². The van der Waals surface area contributed by atoms with Gasteiger partial charge in [0, 0.05) is 6.07 Å². The molecule has 0 aliphatic rings. The molecule has 0 aliphatic heterocycles. The van der Waals surface area contributed by atoms with E-state index >= 15 is 0 Å². The Kier molecular flexibility index (Phi) is 3.98. The van der Waals surface area contributed by atoms with E-state index in [2.05, 4.69) is 93.1 Å². The number of benzene rings is 2. The Morgan fingerprint density at radius 3 is 2.18 bits per heavy atom. The molecule has 1 nitrogen and oxygen atoms in total. The first-order chi connectivity index (χ1) is 10.6. The van der Waals surface area contributed by atoms with Crippen LogP contribution in [0.4, 0.5) is 0 Å². The molecule has 0 saturated heterocycles. The predicted octanol–water partition coefficient (Wildman–Crippen LogP) is 5.50. The molecule has 0 saturated carbocycles. The highest BCUT2D eigenvalue weighted by atomic mass is 15.0. The lowest BCUT2D eigenvalue weighted by molar-refractivity contribution is -0.704. The highest BCUT2D eigenvalue weighted by Gasteiger charge is 2.22. The molecule has 0 radical (unpaired) electrons. The summed E-state index contributed by atoms with van der Waals surface area (Å²) in [4.78, 5) is 0. The molecule has 0 fully saturated rings. The average molecular weight is 290 g/mol. The second-order valence-electron chi connectivity index (χ2n) is 6.49. The maximum absolute atomic E-state index is 2.39. The minimum absolute atomic E-state index is 0.430. The smallest absolute Gasteiger partial charge is 0.196 e. The number of fused-ring (bicyclic) bond motifs is 1. The number of nitrogens with zero attached hydrogens (tertiary/aromatic N) is 1. The topological polar surface area (TPSA) is 3.88 Å². The first kappa shape index (κ1) is 14.8. The van der Waals surface area contributed by atoms with Crippen LogP contribution in [0.2, 0.25) is 0 Å². The largest absolute Gasteiger partial charge is 0.220 e. The van der Waals surface area contributed by atoms with E-state index in [4.69, 9.17) is 0 Å². The van der Waals surface area contributed by atoms with Gasteiger partial charge in [0.25, 0.3) is 0 Å². The molecular formula is C21H24N+. The summed E-state index contributed by atoms with van der Waals surface area (Å²) in [6.45, 7) is 9.03. The van der Waals surface area contributed by atoms with Crippen LogP contribution in [-0.4, -0.2) is 0 Å². The lowest BCUT2D eigenvalue weighted by Crippen LogP contribution is -2.38. The van der Waals surface area contributed by atoms with E-state index in [1.54, 1.807) is 0 Å². The number of rotatable bonds is 3. The molecule has 0 bridgehead atoms. The summed E-state index contributed by atoms with van der Waals surface area (Å²) < 4.78 is 2.39. The fourth-order valence-corrected chi connectivity index (χ4v) is 3.16. The predicted molar refractivity (Wildman–Crippen MR) is 94.1 cm³/mol. The molecule has 112 valence electrons. The van der Waals surface area contributed by atoms with Gasteiger partial charge in [-0.05, 0) is 42.8 Å². The minimum Gasteiger partial charge on any atom is -0.196 e. The van der Waals surface area contributed by atoms with Crippen LogP contribution in [0.1, 0.15) is 45.2 Å². The van der Waals surface area contributed by atoms with Crippen LogP contribution in [0.25, 0.3) is 22.0 Å². The van der Waals surface area contributed by atoms with E-state index < -0.39 is 0 Å². The molecule has 0 N–H and O–H groups in total. The number of aromatic nitrogens is 1. The second-order valence-corrected chi connectivity index (χ2v) is 6.49. The third kappa shape index (κ3) is 2.52. The highest BCUT2D eigenvalue weighted by Crippen LogP contribution is 2.32. The molecule has 0 atom stereocenters. The van der Waals surface area contributed by atoms with Crippen LogP contribution >= 0.6 is 0 Å². The Hall–Kier alpha value is -2.15. The lowest BCUT2D eigenvalue weighted by Gasteiger charge is -2.15. The zero-order valence-electron chi connectivity index (χ0n) is 13.9. The van der Waals surface area contributed by atoms with Crippen molar-refractivity contribution < 1.29 is 4.57 Å². The maximum atomic E-state index is 2.39. The summed E-state index contributed by atoms with van der Waals surface area (Å²) in [5.41, 5.74) is 4.09. The molecule has 2 aromatic carbocycles. The quantitative estimate of drug-likeness (QED) is 0.561. The minimum atomic E-state index is 0.430. The van der Waals surface area contributed by atoms with Gasteiger partial charge in [0.15, 0.2) is 12.2 Å². The van der Waals surface area contributed by atoms with Crippen molar-refractivity contribution in [1.29, 1.82) is 0 Å². The Morgan fingerprint density at radius 1 is 0.773 bits per heavy atom. The van der Waals surface area contributed by atoms with Crippen LogP contribution < -0.4 is 4.57 Å². The molecule has 3 rings (SSSR count).